The number of nitrogens with one attached hydrogen (secondary N) is 1. The molecule has 27 heavy (non-hydrogen) atoms. The summed E-state index contributed by atoms with van der Waals surface area (Å²) in [6, 6.07) is 16.4. The average molecular weight is 361 g/mol. The first-order valence-corrected chi connectivity index (χ1v) is 8.90. The summed E-state index contributed by atoms with van der Waals surface area (Å²) < 4.78 is 0. The van der Waals surface area contributed by atoms with Gasteiger partial charge >= 0.3 is 5.97 Å². The topological polar surface area (TPSA) is 91.1 Å². The second-order valence-corrected chi connectivity index (χ2v) is 6.91. The molecule has 0 unspecified atom stereocenters. The molecule has 2 aromatic rings. The van der Waals surface area contributed by atoms with Crippen LogP contribution in [0.3, 0.4) is 0 Å². The number of fused-ring (bicyclic) bond motifs is 2. The van der Waals surface area contributed by atoms with Crippen LogP contribution in [0.15, 0.2) is 77.0 Å². The Hall–Kier alpha value is -3.28. The minimum atomic E-state index is -0.899. The van der Waals surface area contributed by atoms with E-state index < -0.39 is 17.8 Å². The van der Waals surface area contributed by atoms with Gasteiger partial charge in [0.15, 0.2) is 0 Å². The van der Waals surface area contributed by atoms with Gasteiger partial charge in [-0.05, 0) is 54.7 Å². The van der Waals surface area contributed by atoms with Crippen molar-refractivity contribution in [1.82, 2.24) is 0 Å². The molecule has 6 nitrogen and oxygen atoms in total. The van der Waals surface area contributed by atoms with E-state index in [1.807, 2.05) is 42.5 Å². The number of rotatable bonds is 5. The number of aliphatic carboxylic acids is 1. The number of azo groups is 1. The summed E-state index contributed by atoms with van der Waals surface area (Å²) in [4.78, 5) is 24.2. The van der Waals surface area contributed by atoms with E-state index in [1.165, 1.54) is 0 Å². The number of allylic oxidation sites excluding steroid dienone is 2. The maximum absolute atomic E-state index is 12.7. The Balaban J connectivity index is 1.43. The number of carboxylic acids is 1. The Bertz CT molecular complexity index is 906. The third kappa shape index (κ3) is 3.51. The summed E-state index contributed by atoms with van der Waals surface area (Å²) in [7, 11) is 0. The first kappa shape index (κ1) is 17.1. The summed E-state index contributed by atoms with van der Waals surface area (Å²) in [5.74, 6) is -2.32. The second kappa shape index (κ2) is 7.15. The molecule has 4 atom stereocenters. The number of hydrogen-bond donors (Lipinski definition) is 2. The van der Waals surface area contributed by atoms with E-state index in [-0.39, 0.29) is 17.7 Å². The zero-order valence-electron chi connectivity index (χ0n) is 14.5. The fourth-order valence-corrected chi connectivity index (χ4v) is 3.96. The van der Waals surface area contributed by atoms with E-state index in [0.29, 0.717) is 11.4 Å². The number of hydrogen-bond acceptors (Lipinski definition) is 4. The molecule has 6 heteroatoms. The molecule has 2 aliphatic carbocycles. The van der Waals surface area contributed by atoms with Crippen LogP contribution in [0.4, 0.5) is 17.1 Å². The molecule has 0 spiro atoms. The molecule has 1 fully saturated rings. The maximum Gasteiger partial charge on any atom is 0.307 e. The fourth-order valence-electron chi connectivity index (χ4n) is 3.96. The van der Waals surface area contributed by atoms with Gasteiger partial charge in [-0.2, -0.15) is 10.2 Å². The van der Waals surface area contributed by atoms with Crippen LogP contribution in [-0.4, -0.2) is 17.0 Å². The van der Waals surface area contributed by atoms with E-state index >= 15 is 0 Å². The molecule has 4 rings (SSSR count). The van der Waals surface area contributed by atoms with Crippen molar-refractivity contribution in [2.24, 2.45) is 33.9 Å². The molecule has 1 saturated carbocycles. The number of carbonyl (C=O) groups excluding carboxylic acids is 1. The number of carbonyl (C=O) groups is 2. The van der Waals surface area contributed by atoms with Gasteiger partial charge in [0.25, 0.3) is 0 Å². The van der Waals surface area contributed by atoms with Crippen molar-refractivity contribution in [1.29, 1.82) is 0 Å². The van der Waals surface area contributed by atoms with Gasteiger partial charge in [-0.25, -0.2) is 0 Å². The Morgan fingerprint density at radius 1 is 0.852 bits per heavy atom. The van der Waals surface area contributed by atoms with Crippen molar-refractivity contribution in [3.8, 4) is 0 Å². The molecule has 0 heterocycles. The van der Waals surface area contributed by atoms with Gasteiger partial charge in [0.05, 0.1) is 23.2 Å². The van der Waals surface area contributed by atoms with Gasteiger partial charge in [-0.1, -0.05) is 30.4 Å². The number of nitrogens with zero attached hydrogens (tertiary/aromatic N) is 2. The van der Waals surface area contributed by atoms with Crippen molar-refractivity contribution < 1.29 is 14.7 Å². The monoisotopic (exact) mass is 361 g/mol. The molecule has 1 amide bonds. The SMILES string of the molecule is O=C(O)[C@H]1[C@H](C(=O)Nc2ccc(N=Nc3ccccc3)cc2)[C@H]2C=C[C@H]1C2. The Labute approximate surface area is 156 Å². The lowest BCUT2D eigenvalue weighted by Crippen LogP contribution is -2.36. The van der Waals surface area contributed by atoms with E-state index in [1.54, 1.807) is 24.3 Å². The molecule has 136 valence electrons. The zero-order chi connectivity index (χ0) is 18.8. The highest BCUT2D eigenvalue weighted by Crippen LogP contribution is 2.48. The smallest absolute Gasteiger partial charge is 0.307 e. The normalized spacial score (nSPS) is 25.8. The van der Waals surface area contributed by atoms with Crippen molar-refractivity contribution in [3.05, 3.63) is 66.7 Å². The molecular formula is C21H19N3O3. The van der Waals surface area contributed by atoms with E-state index in [0.717, 1.165) is 12.1 Å². The summed E-state index contributed by atoms with van der Waals surface area (Å²) in [6.45, 7) is 0. The van der Waals surface area contributed by atoms with Crippen LogP contribution >= 0.6 is 0 Å². The zero-order valence-corrected chi connectivity index (χ0v) is 14.5. The molecule has 0 aliphatic heterocycles. The van der Waals surface area contributed by atoms with Crippen LogP contribution in [0.5, 0.6) is 0 Å². The summed E-state index contributed by atoms with van der Waals surface area (Å²) in [5, 5.41) is 20.6. The fraction of sp³-hybridized carbons (Fsp3) is 0.238. The third-order valence-corrected chi connectivity index (χ3v) is 5.22. The van der Waals surface area contributed by atoms with E-state index in [9.17, 15) is 14.7 Å². The lowest BCUT2D eigenvalue weighted by molar-refractivity contribution is -0.146. The van der Waals surface area contributed by atoms with Crippen LogP contribution in [0, 0.1) is 23.7 Å². The minimum Gasteiger partial charge on any atom is -0.481 e. The van der Waals surface area contributed by atoms with E-state index in [2.05, 4.69) is 15.5 Å². The molecule has 0 radical (unpaired) electrons. The summed E-state index contributed by atoms with van der Waals surface area (Å²) in [6.07, 6.45) is 4.65. The predicted molar refractivity (Wildman–Crippen MR) is 101 cm³/mol. The Morgan fingerprint density at radius 3 is 2.07 bits per heavy atom. The van der Waals surface area contributed by atoms with Crippen molar-refractivity contribution >= 4 is 28.9 Å². The third-order valence-electron chi connectivity index (χ3n) is 5.22. The Kier molecular flexibility index (Phi) is 4.54. The molecule has 2 N–H and O–H groups in total. The number of anilines is 1. The van der Waals surface area contributed by atoms with Gasteiger partial charge in [0.2, 0.25) is 5.91 Å². The highest BCUT2D eigenvalue weighted by Gasteiger charge is 2.51. The van der Waals surface area contributed by atoms with Gasteiger partial charge in [0.1, 0.15) is 0 Å². The van der Waals surface area contributed by atoms with Gasteiger partial charge in [0, 0.05) is 5.69 Å². The molecular weight excluding hydrogens is 342 g/mol. The Morgan fingerprint density at radius 2 is 1.44 bits per heavy atom. The van der Waals surface area contributed by atoms with Crippen molar-refractivity contribution in [3.63, 3.8) is 0 Å². The summed E-state index contributed by atoms with van der Waals surface area (Å²) >= 11 is 0. The minimum absolute atomic E-state index is 0.00930. The standard InChI is InChI=1S/C21H19N3O3/c25-20(18-13-6-7-14(12-13)19(18)21(26)27)22-15-8-10-17(11-9-15)24-23-16-4-2-1-3-5-16/h1-11,13-14,18-19H,12H2,(H,22,25)(H,26,27)/t13-,14-,18+,19+/m0/s1. The number of amides is 1. The molecule has 2 bridgehead atoms. The number of carboxylic acid groups (broad SMARTS) is 1. The van der Waals surface area contributed by atoms with Crippen molar-refractivity contribution in [2.45, 2.75) is 6.42 Å². The van der Waals surface area contributed by atoms with E-state index in [4.69, 9.17) is 0 Å². The molecule has 2 aliphatic rings. The lowest BCUT2D eigenvalue weighted by atomic mass is 9.82. The van der Waals surface area contributed by atoms with Gasteiger partial charge in [-0.3, -0.25) is 9.59 Å². The predicted octanol–water partition coefficient (Wildman–Crippen LogP) is 4.56. The molecule has 0 saturated heterocycles. The average Bonchev–Trinajstić information content (AvgIpc) is 3.30. The highest BCUT2D eigenvalue weighted by atomic mass is 16.4. The first-order chi connectivity index (χ1) is 13.1. The first-order valence-electron chi connectivity index (χ1n) is 8.90. The van der Waals surface area contributed by atoms with Gasteiger partial charge in [-0.15, -0.1) is 0 Å². The quantitative estimate of drug-likeness (QED) is 0.604. The van der Waals surface area contributed by atoms with Crippen molar-refractivity contribution in [2.75, 3.05) is 5.32 Å². The second-order valence-electron chi connectivity index (χ2n) is 6.91. The summed E-state index contributed by atoms with van der Waals surface area (Å²) in [5.41, 5.74) is 2.05. The van der Waals surface area contributed by atoms with Crippen LogP contribution in [0.2, 0.25) is 0 Å². The van der Waals surface area contributed by atoms with Crippen LogP contribution < -0.4 is 5.32 Å². The maximum atomic E-state index is 12.7. The largest absolute Gasteiger partial charge is 0.481 e. The molecule has 2 aromatic carbocycles. The van der Waals surface area contributed by atoms with Crippen LogP contribution in [0.25, 0.3) is 0 Å². The van der Waals surface area contributed by atoms with Gasteiger partial charge < -0.3 is 10.4 Å². The molecule has 0 aromatic heterocycles. The number of benzene rings is 2. The van der Waals surface area contributed by atoms with Crippen LogP contribution in [-0.2, 0) is 9.59 Å². The van der Waals surface area contributed by atoms with Crippen LogP contribution in [0.1, 0.15) is 6.42 Å². The lowest BCUT2D eigenvalue weighted by Gasteiger charge is -2.23. The highest BCUT2D eigenvalue weighted by molar-refractivity contribution is 5.96.